The van der Waals surface area contributed by atoms with Crippen molar-refractivity contribution in [1.29, 1.82) is 0 Å². The highest BCUT2D eigenvalue weighted by molar-refractivity contribution is 5.73. The highest BCUT2D eigenvalue weighted by Crippen LogP contribution is 2.39. The van der Waals surface area contributed by atoms with E-state index >= 15 is 0 Å². The standard InChI is InChI=1S/C21H32N4O3/c1-13(27)25-8-5-15(6-9-25)23-19-11-20(28)18(12-26)17(19)10-16-4-7-22-21(24-16)14-2-3-14/h4,7,14-15,17-20,23,26,28H,2-3,5-6,8-12H2,1H3/t17-,18-,19-,20-/m1/s1. The van der Waals surface area contributed by atoms with Crippen molar-refractivity contribution in [2.24, 2.45) is 11.8 Å². The molecule has 3 N–H and O–H groups in total. The first-order valence-electron chi connectivity index (χ1n) is 10.7. The van der Waals surface area contributed by atoms with E-state index in [1.165, 1.54) is 12.8 Å². The van der Waals surface area contributed by atoms with Crippen LogP contribution in [0.25, 0.3) is 0 Å². The van der Waals surface area contributed by atoms with E-state index in [2.05, 4.69) is 10.3 Å². The third kappa shape index (κ3) is 4.36. The summed E-state index contributed by atoms with van der Waals surface area (Å²) in [6.07, 6.45) is 6.97. The number of likely N-dealkylation sites (tertiary alicyclic amines) is 1. The van der Waals surface area contributed by atoms with Gasteiger partial charge in [-0.15, -0.1) is 0 Å². The average Bonchev–Trinajstić information content (AvgIpc) is 3.49. The zero-order valence-electron chi connectivity index (χ0n) is 16.6. The van der Waals surface area contributed by atoms with Crippen LogP contribution < -0.4 is 5.32 Å². The van der Waals surface area contributed by atoms with Crippen LogP contribution in [0.15, 0.2) is 12.3 Å². The Morgan fingerprint density at radius 2 is 2.00 bits per heavy atom. The van der Waals surface area contributed by atoms with Crippen LogP contribution in [0.3, 0.4) is 0 Å². The fraction of sp³-hybridized carbons (Fsp3) is 0.762. The summed E-state index contributed by atoms with van der Waals surface area (Å²) in [4.78, 5) is 22.6. The van der Waals surface area contributed by atoms with Gasteiger partial charge in [-0.05, 0) is 50.5 Å². The highest BCUT2D eigenvalue weighted by atomic mass is 16.3. The van der Waals surface area contributed by atoms with Gasteiger partial charge in [-0.25, -0.2) is 9.97 Å². The first kappa shape index (κ1) is 19.7. The van der Waals surface area contributed by atoms with Gasteiger partial charge < -0.3 is 20.4 Å². The van der Waals surface area contributed by atoms with Gasteiger partial charge >= 0.3 is 0 Å². The maximum atomic E-state index is 11.5. The number of aliphatic hydroxyl groups is 2. The van der Waals surface area contributed by atoms with Crippen LogP contribution in [-0.2, 0) is 11.2 Å². The molecular formula is C21H32N4O3. The van der Waals surface area contributed by atoms with E-state index < -0.39 is 6.10 Å². The van der Waals surface area contributed by atoms with E-state index in [-0.39, 0.29) is 30.4 Å². The molecule has 1 aliphatic heterocycles. The third-order valence-electron chi connectivity index (χ3n) is 6.78. The average molecular weight is 389 g/mol. The summed E-state index contributed by atoms with van der Waals surface area (Å²) >= 11 is 0. The van der Waals surface area contributed by atoms with Gasteiger partial charge in [0.2, 0.25) is 5.91 Å². The van der Waals surface area contributed by atoms with Crippen LogP contribution in [0.1, 0.15) is 56.5 Å². The normalized spacial score (nSPS) is 31.3. The lowest BCUT2D eigenvalue weighted by molar-refractivity contribution is -0.129. The molecule has 2 aliphatic carbocycles. The summed E-state index contributed by atoms with van der Waals surface area (Å²) in [5.41, 5.74) is 1.01. The quantitative estimate of drug-likeness (QED) is 0.668. The van der Waals surface area contributed by atoms with Crippen LogP contribution in [0, 0.1) is 11.8 Å². The zero-order chi connectivity index (χ0) is 19.7. The van der Waals surface area contributed by atoms with E-state index in [9.17, 15) is 15.0 Å². The van der Waals surface area contributed by atoms with E-state index in [4.69, 9.17) is 4.98 Å². The molecular weight excluding hydrogens is 356 g/mol. The van der Waals surface area contributed by atoms with E-state index in [1.807, 2.05) is 17.2 Å². The van der Waals surface area contributed by atoms with Crippen molar-refractivity contribution in [2.75, 3.05) is 19.7 Å². The number of aromatic nitrogens is 2. The van der Waals surface area contributed by atoms with Gasteiger partial charge in [-0.2, -0.15) is 0 Å². The fourth-order valence-electron chi connectivity index (χ4n) is 4.91. The van der Waals surface area contributed by atoms with Crippen molar-refractivity contribution in [3.8, 4) is 0 Å². The Labute approximate surface area is 166 Å². The molecule has 0 spiro atoms. The summed E-state index contributed by atoms with van der Waals surface area (Å²) in [5, 5.41) is 24.2. The van der Waals surface area contributed by atoms with Crippen molar-refractivity contribution in [3.05, 3.63) is 23.8 Å². The molecule has 0 bridgehead atoms. The second-order valence-corrected chi connectivity index (χ2v) is 8.75. The number of rotatable bonds is 6. The van der Waals surface area contributed by atoms with Gasteiger partial charge in [0.25, 0.3) is 0 Å². The minimum Gasteiger partial charge on any atom is -0.396 e. The van der Waals surface area contributed by atoms with Crippen LogP contribution in [-0.4, -0.2) is 68.9 Å². The second kappa shape index (κ2) is 8.43. The summed E-state index contributed by atoms with van der Waals surface area (Å²) in [6.45, 7) is 3.19. The van der Waals surface area contributed by atoms with Gasteiger partial charge in [-0.1, -0.05) is 0 Å². The number of piperidine rings is 1. The first-order chi connectivity index (χ1) is 13.5. The molecule has 1 aromatic heterocycles. The molecule has 3 aliphatic rings. The molecule has 1 saturated heterocycles. The summed E-state index contributed by atoms with van der Waals surface area (Å²) in [5.74, 6) is 1.62. The monoisotopic (exact) mass is 388 g/mol. The van der Waals surface area contributed by atoms with Crippen molar-refractivity contribution in [1.82, 2.24) is 20.2 Å². The SMILES string of the molecule is CC(=O)N1CCC(N[C@@H]2C[C@@H](O)[C@H](CO)[C@H]2Cc2ccnc(C3CC3)n2)CC1. The number of hydrogen-bond acceptors (Lipinski definition) is 6. The number of amides is 1. The number of nitrogens with one attached hydrogen (secondary N) is 1. The molecule has 3 fully saturated rings. The number of nitrogens with zero attached hydrogens (tertiary/aromatic N) is 3. The third-order valence-corrected chi connectivity index (χ3v) is 6.78. The Morgan fingerprint density at radius 1 is 1.25 bits per heavy atom. The molecule has 2 saturated carbocycles. The van der Waals surface area contributed by atoms with Crippen LogP contribution in [0.2, 0.25) is 0 Å². The lowest BCUT2D eigenvalue weighted by Gasteiger charge is -2.35. The Kier molecular flexibility index (Phi) is 5.94. The minimum absolute atomic E-state index is 0.00659. The Balaban J connectivity index is 1.42. The van der Waals surface area contributed by atoms with Crippen molar-refractivity contribution >= 4 is 5.91 Å². The molecule has 7 nitrogen and oxygen atoms in total. The number of hydrogen-bond donors (Lipinski definition) is 3. The van der Waals surface area contributed by atoms with Gasteiger partial charge in [0, 0.05) is 62.4 Å². The van der Waals surface area contributed by atoms with Crippen molar-refractivity contribution in [2.45, 2.75) is 69.6 Å². The molecule has 0 radical (unpaired) electrons. The van der Waals surface area contributed by atoms with E-state index in [0.717, 1.165) is 43.9 Å². The van der Waals surface area contributed by atoms with E-state index in [1.54, 1.807) is 6.92 Å². The van der Waals surface area contributed by atoms with Gasteiger partial charge in [-0.3, -0.25) is 4.79 Å². The molecule has 1 amide bonds. The lowest BCUT2D eigenvalue weighted by atomic mass is 9.88. The topological polar surface area (TPSA) is 98.6 Å². The predicted molar refractivity (Wildman–Crippen MR) is 105 cm³/mol. The zero-order valence-corrected chi connectivity index (χ0v) is 16.6. The maximum absolute atomic E-state index is 11.5. The van der Waals surface area contributed by atoms with Gasteiger partial charge in [0.15, 0.2) is 0 Å². The van der Waals surface area contributed by atoms with Crippen LogP contribution in [0.4, 0.5) is 0 Å². The van der Waals surface area contributed by atoms with Crippen LogP contribution in [0.5, 0.6) is 0 Å². The fourth-order valence-corrected chi connectivity index (χ4v) is 4.91. The molecule has 0 unspecified atom stereocenters. The molecule has 4 rings (SSSR count). The predicted octanol–water partition coefficient (Wildman–Crippen LogP) is 0.855. The van der Waals surface area contributed by atoms with Crippen LogP contribution >= 0.6 is 0 Å². The lowest BCUT2D eigenvalue weighted by Crippen LogP contribution is -2.49. The molecule has 2 heterocycles. The summed E-state index contributed by atoms with van der Waals surface area (Å²) in [7, 11) is 0. The molecule has 4 atom stereocenters. The molecule has 28 heavy (non-hydrogen) atoms. The second-order valence-electron chi connectivity index (χ2n) is 8.75. The van der Waals surface area contributed by atoms with Crippen molar-refractivity contribution in [3.63, 3.8) is 0 Å². The Bertz CT molecular complexity index is 688. The minimum atomic E-state index is -0.491. The smallest absolute Gasteiger partial charge is 0.219 e. The number of carbonyl (C=O) groups excluding carboxylic acids is 1. The number of aliphatic hydroxyl groups excluding tert-OH is 2. The van der Waals surface area contributed by atoms with Gasteiger partial charge in [0.1, 0.15) is 5.82 Å². The molecule has 1 aromatic rings. The van der Waals surface area contributed by atoms with Crippen molar-refractivity contribution < 1.29 is 15.0 Å². The number of carbonyl (C=O) groups is 1. The Hall–Kier alpha value is -1.57. The highest BCUT2D eigenvalue weighted by Gasteiger charge is 2.43. The van der Waals surface area contributed by atoms with Gasteiger partial charge in [0.05, 0.1) is 6.10 Å². The summed E-state index contributed by atoms with van der Waals surface area (Å²) < 4.78 is 0. The molecule has 0 aromatic carbocycles. The first-order valence-corrected chi connectivity index (χ1v) is 10.7. The molecule has 7 heteroatoms. The molecule has 154 valence electrons. The summed E-state index contributed by atoms with van der Waals surface area (Å²) in [6, 6.07) is 2.47. The largest absolute Gasteiger partial charge is 0.396 e. The Morgan fingerprint density at radius 3 is 2.64 bits per heavy atom. The van der Waals surface area contributed by atoms with E-state index in [0.29, 0.717) is 18.4 Å². The maximum Gasteiger partial charge on any atom is 0.219 e.